The van der Waals surface area contributed by atoms with Gasteiger partial charge in [-0.05, 0) is 67.7 Å². The number of nitrogens with one attached hydrogen (secondary N) is 1. The molecule has 0 bridgehead atoms. The predicted molar refractivity (Wildman–Crippen MR) is 114 cm³/mol. The summed E-state index contributed by atoms with van der Waals surface area (Å²) in [4.78, 5) is 10.3. The van der Waals surface area contributed by atoms with E-state index in [1.807, 2.05) is 30.5 Å². The summed E-state index contributed by atoms with van der Waals surface area (Å²) >= 11 is 0. The number of piperidine rings is 1. The maximum absolute atomic E-state index is 6.00. The van der Waals surface area contributed by atoms with Crippen molar-refractivity contribution in [2.75, 3.05) is 20.2 Å². The Kier molecular flexibility index (Phi) is 4.82. The van der Waals surface area contributed by atoms with Crippen molar-refractivity contribution in [2.45, 2.75) is 25.3 Å². The highest BCUT2D eigenvalue weighted by atomic mass is 16.5. The molecule has 1 aliphatic rings. The number of fused-ring (bicyclic) bond motifs is 1. The van der Waals surface area contributed by atoms with E-state index >= 15 is 0 Å². The van der Waals surface area contributed by atoms with Crippen molar-refractivity contribution in [3.8, 4) is 17.1 Å². The van der Waals surface area contributed by atoms with Crippen molar-refractivity contribution in [2.24, 2.45) is 0 Å². The van der Waals surface area contributed by atoms with Crippen molar-refractivity contribution >= 4 is 10.9 Å². The number of hydrogen-bond acceptors (Lipinski definition) is 4. The third-order valence-corrected chi connectivity index (χ3v) is 5.94. The Morgan fingerprint density at radius 2 is 1.90 bits per heavy atom. The molecule has 0 atom stereocenters. The highest BCUT2D eigenvalue weighted by Gasteiger charge is 2.23. The Balaban J connectivity index is 1.21. The fourth-order valence-electron chi connectivity index (χ4n) is 4.30. The number of methoxy groups -OCH3 is 1. The van der Waals surface area contributed by atoms with Gasteiger partial charge in [0.15, 0.2) is 5.76 Å². The number of para-hydroxylation sites is 1. The third kappa shape index (κ3) is 3.66. The van der Waals surface area contributed by atoms with Gasteiger partial charge in [0.05, 0.1) is 19.9 Å². The second kappa shape index (κ2) is 7.76. The molecule has 0 unspecified atom stereocenters. The topological polar surface area (TPSA) is 54.3 Å². The first kappa shape index (κ1) is 18.0. The SMILES string of the molecule is COc1ccc(-c2cnc(CN3CCC(c4c[nH]c5ccccc45)CC3)o2)cc1. The monoisotopic (exact) mass is 387 g/mol. The Morgan fingerprint density at radius 3 is 2.69 bits per heavy atom. The molecule has 5 rings (SSSR count). The van der Waals surface area contributed by atoms with Crippen LogP contribution in [0.25, 0.3) is 22.2 Å². The number of aromatic amines is 1. The van der Waals surface area contributed by atoms with Crippen LogP contribution in [0.15, 0.2) is 65.3 Å². The zero-order valence-electron chi connectivity index (χ0n) is 16.6. The maximum atomic E-state index is 6.00. The number of hydrogen-bond donors (Lipinski definition) is 1. The standard InChI is InChI=1S/C24H25N3O2/c1-28-19-8-6-18(7-9-19)23-15-26-24(29-23)16-27-12-10-17(11-13-27)21-14-25-22-5-3-2-4-20(21)22/h2-9,14-15,17,25H,10-13,16H2,1H3. The molecule has 3 heterocycles. The van der Waals surface area contributed by atoms with Crippen LogP contribution >= 0.6 is 0 Å². The Bertz CT molecular complexity index is 1090. The summed E-state index contributed by atoms with van der Waals surface area (Å²) in [6, 6.07) is 16.4. The summed E-state index contributed by atoms with van der Waals surface area (Å²) in [5, 5.41) is 1.36. The molecule has 4 aromatic rings. The van der Waals surface area contributed by atoms with Gasteiger partial charge in [-0.15, -0.1) is 0 Å². The number of ether oxygens (including phenoxy) is 1. The van der Waals surface area contributed by atoms with Gasteiger partial charge in [-0.1, -0.05) is 18.2 Å². The van der Waals surface area contributed by atoms with Crippen molar-refractivity contribution in [3.63, 3.8) is 0 Å². The highest BCUT2D eigenvalue weighted by molar-refractivity contribution is 5.83. The minimum Gasteiger partial charge on any atom is -0.497 e. The van der Waals surface area contributed by atoms with Crippen LogP contribution in [0.5, 0.6) is 5.75 Å². The summed E-state index contributed by atoms with van der Waals surface area (Å²) < 4.78 is 11.2. The summed E-state index contributed by atoms with van der Waals surface area (Å²) in [5.41, 5.74) is 3.71. The number of oxazole rings is 1. The molecule has 148 valence electrons. The van der Waals surface area contributed by atoms with Crippen molar-refractivity contribution in [3.05, 3.63) is 72.4 Å². The molecule has 1 fully saturated rings. The van der Waals surface area contributed by atoms with E-state index in [4.69, 9.17) is 9.15 Å². The summed E-state index contributed by atoms with van der Waals surface area (Å²) in [6.45, 7) is 2.88. The molecule has 0 spiro atoms. The van der Waals surface area contributed by atoms with Crippen molar-refractivity contribution in [1.82, 2.24) is 14.9 Å². The van der Waals surface area contributed by atoms with Gasteiger partial charge in [0, 0.05) is 22.7 Å². The molecule has 1 aliphatic heterocycles. The molecule has 29 heavy (non-hydrogen) atoms. The van der Waals surface area contributed by atoms with Gasteiger partial charge >= 0.3 is 0 Å². The first-order valence-electron chi connectivity index (χ1n) is 10.2. The molecular weight excluding hydrogens is 362 g/mol. The van der Waals surface area contributed by atoms with Gasteiger partial charge < -0.3 is 14.1 Å². The number of aromatic nitrogens is 2. The van der Waals surface area contributed by atoms with E-state index in [0.717, 1.165) is 55.4 Å². The van der Waals surface area contributed by atoms with Gasteiger partial charge in [0.25, 0.3) is 0 Å². The first-order chi connectivity index (χ1) is 14.3. The largest absolute Gasteiger partial charge is 0.497 e. The predicted octanol–water partition coefficient (Wildman–Crippen LogP) is 5.21. The smallest absolute Gasteiger partial charge is 0.209 e. The van der Waals surface area contributed by atoms with E-state index < -0.39 is 0 Å². The number of H-pyrrole nitrogens is 1. The fraction of sp³-hybridized carbons (Fsp3) is 0.292. The number of rotatable bonds is 5. The Labute approximate surface area is 170 Å². The molecule has 1 saturated heterocycles. The van der Waals surface area contributed by atoms with E-state index in [0.29, 0.717) is 5.92 Å². The number of likely N-dealkylation sites (tertiary alicyclic amines) is 1. The van der Waals surface area contributed by atoms with E-state index in [9.17, 15) is 0 Å². The second-order valence-electron chi connectivity index (χ2n) is 7.69. The Hall–Kier alpha value is -3.05. The summed E-state index contributed by atoms with van der Waals surface area (Å²) in [7, 11) is 1.67. The van der Waals surface area contributed by atoms with Gasteiger partial charge in [0.2, 0.25) is 5.89 Å². The maximum Gasteiger partial charge on any atom is 0.209 e. The lowest BCUT2D eigenvalue weighted by molar-refractivity contribution is 0.188. The van der Waals surface area contributed by atoms with Crippen LogP contribution < -0.4 is 4.74 Å². The average Bonchev–Trinajstić information content (AvgIpc) is 3.42. The first-order valence-corrected chi connectivity index (χ1v) is 10.2. The van der Waals surface area contributed by atoms with E-state index in [1.54, 1.807) is 7.11 Å². The van der Waals surface area contributed by atoms with Crippen LogP contribution in [0, 0.1) is 0 Å². The minimum atomic E-state index is 0.613. The quantitative estimate of drug-likeness (QED) is 0.511. The van der Waals surface area contributed by atoms with Crippen LogP contribution in [0.4, 0.5) is 0 Å². The molecule has 0 radical (unpaired) electrons. The van der Waals surface area contributed by atoms with Crippen LogP contribution in [0.3, 0.4) is 0 Å². The van der Waals surface area contributed by atoms with Gasteiger partial charge in [-0.3, -0.25) is 4.90 Å². The summed E-state index contributed by atoms with van der Waals surface area (Å²) in [6.07, 6.45) is 6.33. The van der Waals surface area contributed by atoms with Crippen LogP contribution in [0.1, 0.15) is 30.2 Å². The lowest BCUT2D eigenvalue weighted by Gasteiger charge is -2.31. The van der Waals surface area contributed by atoms with E-state index in [1.165, 1.54) is 16.5 Å². The highest BCUT2D eigenvalue weighted by Crippen LogP contribution is 2.33. The zero-order valence-corrected chi connectivity index (χ0v) is 16.6. The number of benzene rings is 2. The van der Waals surface area contributed by atoms with Crippen LogP contribution in [-0.2, 0) is 6.54 Å². The second-order valence-corrected chi connectivity index (χ2v) is 7.69. The lowest BCUT2D eigenvalue weighted by Crippen LogP contribution is -2.32. The molecule has 2 aromatic heterocycles. The van der Waals surface area contributed by atoms with Gasteiger partial charge in [-0.2, -0.15) is 0 Å². The fourth-order valence-corrected chi connectivity index (χ4v) is 4.30. The molecule has 5 heteroatoms. The molecule has 1 N–H and O–H groups in total. The van der Waals surface area contributed by atoms with E-state index in [-0.39, 0.29) is 0 Å². The number of nitrogens with zero attached hydrogens (tertiary/aromatic N) is 2. The third-order valence-electron chi connectivity index (χ3n) is 5.94. The van der Waals surface area contributed by atoms with Gasteiger partial charge in [-0.25, -0.2) is 4.98 Å². The Morgan fingerprint density at radius 1 is 1.10 bits per heavy atom. The zero-order chi connectivity index (χ0) is 19.6. The molecule has 5 nitrogen and oxygen atoms in total. The molecule has 0 saturated carbocycles. The van der Waals surface area contributed by atoms with Crippen molar-refractivity contribution < 1.29 is 9.15 Å². The van der Waals surface area contributed by atoms with Crippen molar-refractivity contribution in [1.29, 1.82) is 0 Å². The molecule has 2 aromatic carbocycles. The normalized spacial score (nSPS) is 15.8. The van der Waals surface area contributed by atoms with Crippen LogP contribution in [-0.4, -0.2) is 35.1 Å². The lowest BCUT2D eigenvalue weighted by atomic mass is 9.89. The molecule has 0 aliphatic carbocycles. The van der Waals surface area contributed by atoms with Crippen LogP contribution in [0.2, 0.25) is 0 Å². The minimum absolute atomic E-state index is 0.613. The summed E-state index contributed by atoms with van der Waals surface area (Å²) in [5.74, 6) is 3.03. The van der Waals surface area contributed by atoms with E-state index in [2.05, 4.69) is 45.3 Å². The molecular formula is C24H25N3O2. The van der Waals surface area contributed by atoms with Gasteiger partial charge in [0.1, 0.15) is 5.75 Å². The average molecular weight is 387 g/mol. The molecule has 0 amide bonds.